The lowest BCUT2D eigenvalue weighted by Crippen LogP contribution is -2.40. The lowest BCUT2D eigenvalue weighted by atomic mass is 9.71. The number of ether oxygens (including phenoxy) is 1. The Morgan fingerprint density at radius 2 is 1.73 bits per heavy atom. The standard InChI is InChI=1S/C22H29NO3/c1-22(2,3)18-13-23(4)19(10-14-6-8-15(24)9-7-14)17-11-20(25)21(26-5)12-16(17)18/h6-9,11-12,18-19,24-25H,10,13H2,1-5H3/t18?,19-/m1/s1. The number of likely N-dealkylation sites (N-methyl/N-ethyl adjacent to an activating group) is 1. The summed E-state index contributed by atoms with van der Waals surface area (Å²) < 4.78 is 5.37. The smallest absolute Gasteiger partial charge is 0.160 e. The van der Waals surface area contributed by atoms with E-state index in [1.54, 1.807) is 19.2 Å². The predicted octanol–water partition coefficient (Wildman–Crippen LogP) is 4.47. The summed E-state index contributed by atoms with van der Waals surface area (Å²) in [4.78, 5) is 2.37. The van der Waals surface area contributed by atoms with E-state index in [1.807, 2.05) is 24.3 Å². The first-order chi connectivity index (χ1) is 12.2. The van der Waals surface area contributed by atoms with E-state index in [4.69, 9.17) is 4.74 Å². The fourth-order valence-corrected chi connectivity index (χ4v) is 3.97. The van der Waals surface area contributed by atoms with Gasteiger partial charge in [-0.15, -0.1) is 0 Å². The molecule has 2 aromatic carbocycles. The molecule has 26 heavy (non-hydrogen) atoms. The third-order valence-electron chi connectivity index (χ3n) is 5.53. The molecule has 0 amide bonds. The number of phenolic OH excluding ortho intramolecular Hbond substituents is 2. The van der Waals surface area contributed by atoms with Crippen molar-refractivity contribution in [1.29, 1.82) is 0 Å². The van der Waals surface area contributed by atoms with Gasteiger partial charge in [0.1, 0.15) is 5.75 Å². The highest BCUT2D eigenvalue weighted by atomic mass is 16.5. The lowest BCUT2D eigenvalue weighted by molar-refractivity contribution is 0.156. The molecule has 1 heterocycles. The fourth-order valence-electron chi connectivity index (χ4n) is 3.97. The van der Waals surface area contributed by atoms with Crippen LogP contribution in [-0.4, -0.2) is 35.8 Å². The number of nitrogens with zero attached hydrogens (tertiary/aromatic N) is 1. The van der Waals surface area contributed by atoms with Gasteiger partial charge >= 0.3 is 0 Å². The summed E-state index contributed by atoms with van der Waals surface area (Å²) in [6.45, 7) is 7.73. The second-order valence-corrected chi connectivity index (χ2v) is 8.40. The molecule has 0 saturated heterocycles. The summed E-state index contributed by atoms with van der Waals surface area (Å²) in [5, 5.41) is 19.9. The van der Waals surface area contributed by atoms with Gasteiger partial charge in [0.15, 0.2) is 11.5 Å². The van der Waals surface area contributed by atoms with Gasteiger partial charge in [-0.05, 0) is 59.8 Å². The highest BCUT2D eigenvalue weighted by Crippen LogP contribution is 2.48. The first-order valence-corrected chi connectivity index (χ1v) is 9.09. The van der Waals surface area contributed by atoms with E-state index in [0.29, 0.717) is 11.7 Å². The largest absolute Gasteiger partial charge is 0.508 e. The Labute approximate surface area is 156 Å². The van der Waals surface area contributed by atoms with Crippen LogP contribution in [0, 0.1) is 5.41 Å². The van der Waals surface area contributed by atoms with Gasteiger partial charge in [-0.1, -0.05) is 32.9 Å². The number of phenols is 2. The Balaban J connectivity index is 2.06. The maximum atomic E-state index is 10.4. The average molecular weight is 355 g/mol. The van der Waals surface area contributed by atoms with Gasteiger partial charge in [0.25, 0.3) is 0 Å². The molecule has 0 aliphatic carbocycles. The number of methoxy groups -OCH3 is 1. The Bertz CT molecular complexity index is 777. The van der Waals surface area contributed by atoms with Gasteiger partial charge in [-0.2, -0.15) is 0 Å². The minimum Gasteiger partial charge on any atom is -0.508 e. The van der Waals surface area contributed by atoms with E-state index in [9.17, 15) is 10.2 Å². The molecule has 4 nitrogen and oxygen atoms in total. The topological polar surface area (TPSA) is 52.9 Å². The molecular formula is C22H29NO3. The van der Waals surface area contributed by atoms with Crippen molar-refractivity contribution in [1.82, 2.24) is 4.90 Å². The summed E-state index contributed by atoms with van der Waals surface area (Å²) in [7, 11) is 3.74. The van der Waals surface area contributed by atoms with Crippen molar-refractivity contribution < 1.29 is 14.9 Å². The third kappa shape index (κ3) is 3.51. The zero-order valence-electron chi connectivity index (χ0n) is 16.3. The molecule has 1 unspecified atom stereocenters. The molecule has 2 N–H and O–H groups in total. The molecule has 3 rings (SSSR count). The van der Waals surface area contributed by atoms with Crippen molar-refractivity contribution in [3.63, 3.8) is 0 Å². The summed E-state index contributed by atoms with van der Waals surface area (Å²) in [5.41, 5.74) is 3.68. The molecule has 0 radical (unpaired) electrons. The second kappa shape index (κ2) is 6.84. The molecule has 0 fully saturated rings. The van der Waals surface area contributed by atoms with Crippen LogP contribution in [-0.2, 0) is 6.42 Å². The Kier molecular flexibility index (Phi) is 4.89. The molecule has 2 aromatic rings. The van der Waals surface area contributed by atoms with Crippen molar-refractivity contribution in [3.8, 4) is 17.2 Å². The van der Waals surface area contributed by atoms with E-state index < -0.39 is 0 Å². The van der Waals surface area contributed by atoms with E-state index in [2.05, 4.69) is 32.7 Å². The Hall–Kier alpha value is -2.20. The van der Waals surface area contributed by atoms with Crippen LogP contribution in [0.15, 0.2) is 36.4 Å². The lowest BCUT2D eigenvalue weighted by Gasteiger charge is -2.44. The van der Waals surface area contributed by atoms with Gasteiger partial charge in [0.05, 0.1) is 7.11 Å². The van der Waals surface area contributed by atoms with E-state index in [0.717, 1.165) is 24.1 Å². The maximum Gasteiger partial charge on any atom is 0.160 e. The fraction of sp³-hybridized carbons (Fsp3) is 0.455. The number of fused-ring (bicyclic) bond motifs is 1. The van der Waals surface area contributed by atoms with Crippen molar-refractivity contribution in [2.24, 2.45) is 5.41 Å². The minimum atomic E-state index is 0.106. The maximum absolute atomic E-state index is 10.4. The minimum absolute atomic E-state index is 0.106. The summed E-state index contributed by atoms with van der Waals surface area (Å²) >= 11 is 0. The zero-order chi connectivity index (χ0) is 19.1. The Morgan fingerprint density at radius 1 is 1.08 bits per heavy atom. The summed E-state index contributed by atoms with van der Waals surface area (Å²) in [6, 6.07) is 11.4. The number of hydrogen-bond acceptors (Lipinski definition) is 4. The van der Waals surface area contributed by atoms with Gasteiger partial charge < -0.3 is 14.9 Å². The van der Waals surface area contributed by atoms with Crippen molar-refractivity contribution in [2.45, 2.75) is 39.2 Å². The summed E-state index contributed by atoms with van der Waals surface area (Å²) in [6.07, 6.45) is 0.826. The van der Waals surface area contributed by atoms with Crippen LogP contribution in [0.2, 0.25) is 0 Å². The monoisotopic (exact) mass is 355 g/mol. The number of hydrogen-bond donors (Lipinski definition) is 2. The zero-order valence-corrected chi connectivity index (χ0v) is 16.3. The van der Waals surface area contributed by atoms with Gasteiger partial charge in [0.2, 0.25) is 0 Å². The van der Waals surface area contributed by atoms with Crippen molar-refractivity contribution >= 4 is 0 Å². The molecular weight excluding hydrogens is 326 g/mol. The highest BCUT2D eigenvalue weighted by molar-refractivity contribution is 5.51. The molecule has 0 spiro atoms. The molecule has 1 aliphatic rings. The Morgan fingerprint density at radius 3 is 2.31 bits per heavy atom. The number of rotatable bonds is 3. The number of aromatic hydroxyl groups is 2. The summed E-state index contributed by atoms with van der Waals surface area (Å²) in [5.74, 6) is 1.35. The van der Waals surface area contributed by atoms with Crippen LogP contribution in [0.5, 0.6) is 17.2 Å². The van der Waals surface area contributed by atoms with Crippen LogP contribution in [0.25, 0.3) is 0 Å². The first-order valence-electron chi connectivity index (χ1n) is 9.09. The number of benzene rings is 2. The molecule has 0 aromatic heterocycles. The van der Waals surface area contributed by atoms with Crippen LogP contribution < -0.4 is 4.74 Å². The van der Waals surface area contributed by atoms with Crippen molar-refractivity contribution in [2.75, 3.05) is 20.7 Å². The molecule has 0 bridgehead atoms. The SMILES string of the molecule is COc1cc2c(cc1O)[C@@H](Cc1ccc(O)cc1)N(C)CC2C(C)(C)C. The molecule has 0 saturated carbocycles. The van der Waals surface area contributed by atoms with Crippen LogP contribution in [0.4, 0.5) is 0 Å². The molecule has 1 aliphatic heterocycles. The van der Waals surface area contributed by atoms with Gasteiger partial charge in [0, 0.05) is 18.5 Å². The predicted molar refractivity (Wildman–Crippen MR) is 104 cm³/mol. The second-order valence-electron chi connectivity index (χ2n) is 8.40. The normalized spacial score (nSPS) is 20.7. The molecule has 140 valence electrons. The molecule has 4 heteroatoms. The quantitative estimate of drug-likeness (QED) is 0.853. The van der Waals surface area contributed by atoms with Gasteiger partial charge in [-0.3, -0.25) is 4.90 Å². The van der Waals surface area contributed by atoms with E-state index in [1.165, 1.54) is 5.56 Å². The first kappa shape index (κ1) is 18.6. The third-order valence-corrected chi connectivity index (χ3v) is 5.53. The van der Waals surface area contributed by atoms with Crippen LogP contribution in [0.3, 0.4) is 0 Å². The van der Waals surface area contributed by atoms with Crippen molar-refractivity contribution in [3.05, 3.63) is 53.1 Å². The molecule has 2 atom stereocenters. The van der Waals surface area contributed by atoms with Crippen LogP contribution in [0.1, 0.15) is 49.4 Å². The van der Waals surface area contributed by atoms with Gasteiger partial charge in [-0.25, -0.2) is 0 Å². The van der Waals surface area contributed by atoms with E-state index >= 15 is 0 Å². The average Bonchev–Trinajstić information content (AvgIpc) is 2.57. The highest BCUT2D eigenvalue weighted by Gasteiger charge is 2.37. The van der Waals surface area contributed by atoms with E-state index in [-0.39, 0.29) is 23.0 Å². The van der Waals surface area contributed by atoms with Crippen LogP contribution >= 0.6 is 0 Å².